The molecule has 3 nitrogen and oxygen atoms in total. The van der Waals surface area contributed by atoms with Gasteiger partial charge in [0.1, 0.15) is 0 Å². The fourth-order valence-electron chi connectivity index (χ4n) is 1.81. The molecule has 18 heavy (non-hydrogen) atoms. The topological polar surface area (TPSA) is 32.3 Å². The summed E-state index contributed by atoms with van der Waals surface area (Å²) in [4.78, 5) is 13.5. The van der Waals surface area contributed by atoms with E-state index in [1.54, 1.807) is 4.90 Å². The van der Waals surface area contributed by atoms with Crippen LogP contribution in [0.5, 0.6) is 0 Å². The Balaban J connectivity index is 2.27. The lowest BCUT2D eigenvalue weighted by molar-refractivity contribution is 0.208. The molecule has 0 heterocycles. The predicted octanol–water partition coefficient (Wildman–Crippen LogP) is 2.98. The van der Waals surface area contributed by atoms with Crippen molar-refractivity contribution in [2.24, 2.45) is 0 Å². The van der Waals surface area contributed by atoms with Crippen LogP contribution in [-0.4, -0.2) is 31.1 Å². The van der Waals surface area contributed by atoms with Crippen LogP contribution >= 0.6 is 0 Å². The standard InChI is InChI=1S/C15H24N2O/c1-4-5-11-17(3)15(18)16-10-9-14-8-6-7-13(2)12-14/h6-8,12H,4-5,9-11H2,1-3H3,(H,16,18). The van der Waals surface area contributed by atoms with E-state index in [9.17, 15) is 4.79 Å². The largest absolute Gasteiger partial charge is 0.338 e. The Bertz CT molecular complexity index is 377. The molecule has 0 fully saturated rings. The fraction of sp³-hybridized carbons (Fsp3) is 0.533. The van der Waals surface area contributed by atoms with E-state index in [0.29, 0.717) is 6.54 Å². The average Bonchev–Trinajstić information content (AvgIpc) is 2.35. The SMILES string of the molecule is CCCCN(C)C(=O)NCCc1cccc(C)c1. The fourth-order valence-corrected chi connectivity index (χ4v) is 1.81. The Kier molecular flexibility index (Phi) is 6.26. The monoisotopic (exact) mass is 248 g/mol. The van der Waals surface area contributed by atoms with Crippen LogP contribution in [0, 0.1) is 6.92 Å². The third kappa shape index (κ3) is 5.21. The number of unbranched alkanes of at least 4 members (excludes halogenated alkanes) is 1. The molecule has 1 N–H and O–H groups in total. The predicted molar refractivity (Wildman–Crippen MR) is 75.8 cm³/mol. The molecule has 100 valence electrons. The Labute approximate surface area is 110 Å². The number of hydrogen-bond donors (Lipinski definition) is 1. The quantitative estimate of drug-likeness (QED) is 0.824. The molecule has 0 radical (unpaired) electrons. The molecule has 0 aliphatic heterocycles. The lowest BCUT2D eigenvalue weighted by atomic mass is 10.1. The summed E-state index contributed by atoms with van der Waals surface area (Å²) in [6.07, 6.45) is 3.05. The molecule has 1 aromatic carbocycles. The van der Waals surface area contributed by atoms with Gasteiger partial charge < -0.3 is 10.2 Å². The van der Waals surface area contributed by atoms with Gasteiger partial charge in [0.15, 0.2) is 0 Å². The van der Waals surface area contributed by atoms with Gasteiger partial charge in [0.25, 0.3) is 0 Å². The minimum atomic E-state index is 0.0242. The van der Waals surface area contributed by atoms with Crippen LogP contribution in [0.2, 0.25) is 0 Å². The van der Waals surface area contributed by atoms with Gasteiger partial charge in [-0.2, -0.15) is 0 Å². The molecule has 3 heteroatoms. The summed E-state index contributed by atoms with van der Waals surface area (Å²) in [6.45, 7) is 5.73. The summed E-state index contributed by atoms with van der Waals surface area (Å²) in [5, 5.41) is 2.95. The van der Waals surface area contributed by atoms with Crippen LogP contribution < -0.4 is 5.32 Å². The van der Waals surface area contributed by atoms with Gasteiger partial charge in [-0.15, -0.1) is 0 Å². The molecule has 0 bridgehead atoms. The van der Waals surface area contributed by atoms with Gasteiger partial charge in [-0.1, -0.05) is 43.2 Å². The number of carbonyl (C=O) groups is 1. The van der Waals surface area contributed by atoms with Gasteiger partial charge in [0.05, 0.1) is 0 Å². The maximum atomic E-state index is 11.7. The molecule has 0 aliphatic carbocycles. The molecule has 1 aromatic rings. The average molecular weight is 248 g/mol. The van der Waals surface area contributed by atoms with E-state index in [1.807, 2.05) is 7.05 Å². The number of carbonyl (C=O) groups excluding carboxylic acids is 1. The number of urea groups is 1. The molecule has 0 unspecified atom stereocenters. The lowest BCUT2D eigenvalue weighted by Gasteiger charge is -2.17. The Hall–Kier alpha value is -1.51. The Morgan fingerprint density at radius 3 is 2.83 bits per heavy atom. The van der Waals surface area contributed by atoms with Crippen molar-refractivity contribution in [2.45, 2.75) is 33.1 Å². The van der Waals surface area contributed by atoms with Crippen molar-refractivity contribution in [1.82, 2.24) is 10.2 Å². The minimum Gasteiger partial charge on any atom is -0.338 e. The zero-order chi connectivity index (χ0) is 13.4. The molecular weight excluding hydrogens is 224 g/mol. The molecule has 0 saturated heterocycles. The van der Waals surface area contributed by atoms with Crippen molar-refractivity contribution in [1.29, 1.82) is 0 Å². The van der Waals surface area contributed by atoms with Crippen molar-refractivity contribution in [2.75, 3.05) is 20.1 Å². The van der Waals surface area contributed by atoms with E-state index >= 15 is 0 Å². The molecule has 0 aliphatic rings. The molecule has 0 saturated carbocycles. The molecular formula is C15H24N2O. The number of amides is 2. The first-order valence-corrected chi connectivity index (χ1v) is 6.68. The highest BCUT2D eigenvalue weighted by atomic mass is 16.2. The minimum absolute atomic E-state index is 0.0242. The normalized spacial score (nSPS) is 10.2. The third-order valence-electron chi connectivity index (χ3n) is 2.97. The number of nitrogens with one attached hydrogen (secondary N) is 1. The summed E-state index contributed by atoms with van der Waals surface area (Å²) < 4.78 is 0. The molecule has 0 atom stereocenters. The van der Waals surface area contributed by atoms with E-state index in [0.717, 1.165) is 25.8 Å². The first-order chi connectivity index (χ1) is 8.63. The first-order valence-electron chi connectivity index (χ1n) is 6.68. The van der Waals surface area contributed by atoms with Gasteiger partial charge in [0, 0.05) is 20.1 Å². The van der Waals surface area contributed by atoms with Crippen LogP contribution in [-0.2, 0) is 6.42 Å². The lowest BCUT2D eigenvalue weighted by Crippen LogP contribution is -2.38. The van der Waals surface area contributed by atoms with Gasteiger partial charge in [-0.25, -0.2) is 4.79 Å². The number of hydrogen-bond acceptors (Lipinski definition) is 1. The second-order valence-electron chi connectivity index (χ2n) is 4.75. The van der Waals surface area contributed by atoms with Crippen LogP contribution in [0.25, 0.3) is 0 Å². The smallest absolute Gasteiger partial charge is 0.317 e. The summed E-state index contributed by atoms with van der Waals surface area (Å²) in [5.74, 6) is 0. The summed E-state index contributed by atoms with van der Waals surface area (Å²) >= 11 is 0. The van der Waals surface area contributed by atoms with Gasteiger partial charge >= 0.3 is 6.03 Å². The summed E-state index contributed by atoms with van der Waals surface area (Å²) in [5.41, 5.74) is 2.53. The number of rotatable bonds is 6. The highest BCUT2D eigenvalue weighted by Gasteiger charge is 2.06. The maximum absolute atomic E-state index is 11.7. The van der Waals surface area contributed by atoms with Gasteiger partial charge in [0.2, 0.25) is 0 Å². The molecule has 2 amide bonds. The van der Waals surface area contributed by atoms with Crippen molar-refractivity contribution < 1.29 is 4.79 Å². The van der Waals surface area contributed by atoms with E-state index in [4.69, 9.17) is 0 Å². The summed E-state index contributed by atoms with van der Waals surface area (Å²) in [7, 11) is 1.84. The van der Waals surface area contributed by atoms with Crippen LogP contribution in [0.4, 0.5) is 4.79 Å². The van der Waals surface area contributed by atoms with Crippen LogP contribution in [0.3, 0.4) is 0 Å². The highest BCUT2D eigenvalue weighted by Crippen LogP contribution is 2.04. The number of nitrogens with zero attached hydrogens (tertiary/aromatic N) is 1. The second kappa shape index (κ2) is 7.75. The van der Waals surface area contributed by atoms with E-state index in [-0.39, 0.29) is 6.03 Å². The third-order valence-corrected chi connectivity index (χ3v) is 2.97. The van der Waals surface area contributed by atoms with Crippen LogP contribution in [0.15, 0.2) is 24.3 Å². The van der Waals surface area contributed by atoms with Crippen LogP contribution in [0.1, 0.15) is 30.9 Å². The van der Waals surface area contributed by atoms with E-state index < -0.39 is 0 Å². The zero-order valence-electron chi connectivity index (χ0n) is 11.7. The molecule has 0 spiro atoms. The van der Waals surface area contributed by atoms with E-state index in [1.165, 1.54) is 11.1 Å². The highest BCUT2D eigenvalue weighted by molar-refractivity contribution is 5.73. The number of benzene rings is 1. The zero-order valence-corrected chi connectivity index (χ0v) is 11.7. The van der Waals surface area contributed by atoms with Gasteiger partial charge in [-0.3, -0.25) is 0 Å². The summed E-state index contributed by atoms with van der Waals surface area (Å²) in [6, 6.07) is 8.42. The first kappa shape index (κ1) is 14.6. The van der Waals surface area contributed by atoms with Gasteiger partial charge in [-0.05, 0) is 25.3 Å². The van der Waals surface area contributed by atoms with E-state index in [2.05, 4.69) is 43.4 Å². The maximum Gasteiger partial charge on any atom is 0.317 e. The van der Waals surface area contributed by atoms with Crippen molar-refractivity contribution in [3.63, 3.8) is 0 Å². The molecule has 0 aromatic heterocycles. The van der Waals surface area contributed by atoms with Crippen molar-refractivity contribution >= 4 is 6.03 Å². The van der Waals surface area contributed by atoms with Crippen molar-refractivity contribution in [3.05, 3.63) is 35.4 Å². The van der Waals surface area contributed by atoms with Crippen molar-refractivity contribution in [3.8, 4) is 0 Å². The number of aryl methyl sites for hydroxylation is 1. The Morgan fingerprint density at radius 2 is 2.17 bits per heavy atom. The second-order valence-corrected chi connectivity index (χ2v) is 4.75. The molecule has 1 rings (SSSR count). The Morgan fingerprint density at radius 1 is 1.39 bits per heavy atom.